The van der Waals surface area contributed by atoms with Gasteiger partial charge in [-0.05, 0) is 43.2 Å². The lowest BCUT2D eigenvalue weighted by atomic mass is 9.84. The van der Waals surface area contributed by atoms with Crippen molar-refractivity contribution in [3.63, 3.8) is 0 Å². The molecule has 1 aliphatic carbocycles. The van der Waals surface area contributed by atoms with Crippen molar-refractivity contribution in [2.24, 2.45) is 5.92 Å². The predicted octanol–water partition coefficient (Wildman–Crippen LogP) is 3.66. The van der Waals surface area contributed by atoms with E-state index in [0.29, 0.717) is 47.9 Å². The molecular formula is C23H23ClN2O3. The number of amides is 2. The van der Waals surface area contributed by atoms with Crippen LogP contribution in [-0.2, 0) is 4.79 Å². The quantitative estimate of drug-likeness (QED) is 0.723. The van der Waals surface area contributed by atoms with Gasteiger partial charge in [-0.15, -0.1) is 0 Å². The summed E-state index contributed by atoms with van der Waals surface area (Å²) in [6.45, 7) is 2.07. The van der Waals surface area contributed by atoms with Crippen LogP contribution in [0.5, 0.6) is 0 Å². The first-order chi connectivity index (χ1) is 14.0. The fraction of sp³-hybridized carbons (Fsp3) is 0.348. The van der Waals surface area contributed by atoms with Crippen LogP contribution in [0, 0.1) is 5.92 Å². The minimum atomic E-state index is -0.204. The van der Waals surface area contributed by atoms with E-state index in [-0.39, 0.29) is 23.5 Å². The average molecular weight is 411 g/mol. The molecule has 1 aliphatic heterocycles. The van der Waals surface area contributed by atoms with E-state index in [4.69, 9.17) is 11.6 Å². The van der Waals surface area contributed by atoms with Crippen LogP contribution >= 0.6 is 11.6 Å². The molecule has 1 saturated heterocycles. The van der Waals surface area contributed by atoms with Crippen molar-refractivity contribution in [1.29, 1.82) is 0 Å². The maximum Gasteiger partial charge on any atom is 0.254 e. The van der Waals surface area contributed by atoms with E-state index in [1.807, 2.05) is 4.90 Å². The lowest BCUT2D eigenvalue weighted by molar-refractivity contribution is -0.139. The second kappa shape index (κ2) is 8.37. The molecule has 0 N–H and O–H groups in total. The number of piperazine rings is 1. The Labute approximate surface area is 175 Å². The van der Waals surface area contributed by atoms with E-state index in [0.717, 1.165) is 19.3 Å². The van der Waals surface area contributed by atoms with Crippen molar-refractivity contribution >= 4 is 29.2 Å². The molecule has 4 rings (SSSR count). The van der Waals surface area contributed by atoms with Gasteiger partial charge in [-0.1, -0.05) is 36.2 Å². The highest BCUT2D eigenvalue weighted by Crippen LogP contribution is 2.28. The Morgan fingerprint density at radius 2 is 1.38 bits per heavy atom. The molecular weight excluding hydrogens is 388 g/mol. The summed E-state index contributed by atoms with van der Waals surface area (Å²) in [5, 5.41) is 0.556. The fourth-order valence-corrected chi connectivity index (χ4v) is 3.96. The molecule has 150 valence electrons. The molecule has 2 fully saturated rings. The molecule has 0 spiro atoms. The Bertz CT molecular complexity index is 929. The second-order valence-corrected chi connectivity index (χ2v) is 8.06. The number of ketones is 1. The highest BCUT2D eigenvalue weighted by Gasteiger charge is 2.32. The van der Waals surface area contributed by atoms with E-state index in [1.165, 1.54) is 0 Å². The van der Waals surface area contributed by atoms with Crippen LogP contribution < -0.4 is 0 Å². The van der Waals surface area contributed by atoms with E-state index < -0.39 is 0 Å². The van der Waals surface area contributed by atoms with Crippen LogP contribution in [0.15, 0.2) is 48.5 Å². The summed E-state index contributed by atoms with van der Waals surface area (Å²) in [6, 6.07) is 13.6. The first-order valence-electron chi connectivity index (χ1n) is 10.0. The van der Waals surface area contributed by atoms with Crippen molar-refractivity contribution in [1.82, 2.24) is 9.80 Å². The Morgan fingerprint density at radius 3 is 1.97 bits per heavy atom. The number of rotatable bonds is 4. The molecule has 0 aromatic heterocycles. The molecule has 2 aliphatic rings. The summed E-state index contributed by atoms with van der Waals surface area (Å²) in [4.78, 5) is 42.1. The number of hydrogen-bond acceptors (Lipinski definition) is 3. The second-order valence-electron chi connectivity index (χ2n) is 7.63. The summed E-state index contributed by atoms with van der Waals surface area (Å²) in [6.07, 6.45) is 3.10. The van der Waals surface area contributed by atoms with Crippen molar-refractivity contribution in [3.05, 3.63) is 70.2 Å². The molecule has 0 radical (unpaired) electrons. The van der Waals surface area contributed by atoms with Gasteiger partial charge in [0, 0.05) is 48.2 Å². The summed E-state index contributed by atoms with van der Waals surface area (Å²) in [7, 11) is 0. The van der Waals surface area contributed by atoms with Crippen LogP contribution in [0.2, 0.25) is 5.02 Å². The minimum Gasteiger partial charge on any atom is -0.339 e. The van der Waals surface area contributed by atoms with Crippen molar-refractivity contribution in [2.45, 2.75) is 19.3 Å². The Hall–Kier alpha value is -2.66. The van der Waals surface area contributed by atoms with Gasteiger partial charge in [0.1, 0.15) is 0 Å². The normalized spacial score (nSPS) is 17.0. The monoisotopic (exact) mass is 410 g/mol. The van der Waals surface area contributed by atoms with Crippen LogP contribution in [0.3, 0.4) is 0 Å². The van der Waals surface area contributed by atoms with E-state index in [9.17, 15) is 14.4 Å². The number of carbonyl (C=O) groups is 3. The number of halogens is 1. The third-order valence-electron chi connectivity index (χ3n) is 5.84. The SMILES string of the molecule is O=C(c1ccc(Cl)cc1)c1ccccc1C(=O)N1CCN(C(=O)C2CCC2)CC1. The molecule has 2 aromatic rings. The maximum atomic E-state index is 13.1. The molecule has 1 saturated carbocycles. The summed E-state index contributed by atoms with van der Waals surface area (Å²) >= 11 is 5.91. The number of benzene rings is 2. The van der Waals surface area contributed by atoms with Gasteiger partial charge in [0.25, 0.3) is 5.91 Å². The molecule has 0 bridgehead atoms. The smallest absolute Gasteiger partial charge is 0.254 e. The van der Waals surface area contributed by atoms with Crippen molar-refractivity contribution in [2.75, 3.05) is 26.2 Å². The molecule has 1 heterocycles. The van der Waals surface area contributed by atoms with Crippen LogP contribution in [-0.4, -0.2) is 53.6 Å². The van der Waals surface area contributed by atoms with E-state index >= 15 is 0 Å². The van der Waals surface area contributed by atoms with Gasteiger partial charge in [0.2, 0.25) is 5.91 Å². The van der Waals surface area contributed by atoms with Crippen LogP contribution in [0.1, 0.15) is 45.5 Å². The first-order valence-corrected chi connectivity index (χ1v) is 10.4. The third-order valence-corrected chi connectivity index (χ3v) is 6.09. The zero-order valence-electron chi connectivity index (χ0n) is 16.1. The van der Waals surface area contributed by atoms with E-state index in [2.05, 4.69) is 0 Å². The minimum absolute atomic E-state index is 0.168. The number of hydrogen-bond donors (Lipinski definition) is 0. The highest BCUT2D eigenvalue weighted by molar-refractivity contribution is 6.30. The van der Waals surface area contributed by atoms with Crippen molar-refractivity contribution in [3.8, 4) is 0 Å². The Kier molecular flexibility index (Phi) is 5.67. The van der Waals surface area contributed by atoms with Crippen LogP contribution in [0.4, 0.5) is 0 Å². The van der Waals surface area contributed by atoms with E-state index in [1.54, 1.807) is 53.4 Å². The topological polar surface area (TPSA) is 57.7 Å². The standard InChI is InChI=1S/C23H23ClN2O3/c24-18-10-8-16(9-11-18)21(27)19-6-1-2-7-20(19)23(29)26-14-12-25(13-15-26)22(28)17-4-3-5-17/h1-2,6-11,17H,3-5,12-15H2. The Balaban J connectivity index is 1.47. The third kappa shape index (κ3) is 4.06. The largest absolute Gasteiger partial charge is 0.339 e. The van der Waals surface area contributed by atoms with Gasteiger partial charge in [-0.25, -0.2) is 0 Å². The number of carbonyl (C=O) groups excluding carboxylic acids is 3. The highest BCUT2D eigenvalue weighted by atomic mass is 35.5. The molecule has 5 nitrogen and oxygen atoms in total. The molecule has 2 aromatic carbocycles. The van der Waals surface area contributed by atoms with Gasteiger partial charge in [0.05, 0.1) is 5.56 Å². The maximum absolute atomic E-state index is 13.1. The summed E-state index contributed by atoms with van der Waals surface area (Å²) in [5.74, 6) is 0.0275. The predicted molar refractivity (Wildman–Crippen MR) is 111 cm³/mol. The molecule has 6 heteroatoms. The van der Waals surface area contributed by atoms with Crippen molar-refractivity contribution < 1.29 is 14.4 Å². The zero-order valence-corrected chi connectivity index (χ0v) is 16.9. The van der Waals surface area contributed by atoms with Gasteiger partial charge in [0.15, 0.2) is 5.78 Å². The Morgan fingerprint density at radius 1 is 0.793 bits per heavy atom. The summed E-state index contributed by atoms with van der Waals surface area (Å²) < 4.78 is 0. The molecule has 29 heavy (non-hydrogen) atoms. The average Bonchev–Trinajstić information content (AvgIpc) is 2.72. The number of nitrogens with zero attached hydrogens (tertiary/aromatic N) is 2. The van der Waals surface area contributed by atoms with Gasteiger partial charge < -0.3 is 9.80 Å². The van der Waals surface area contributed by atoms with Crippen LogP contribution in [0.25, 0.3) is 0 Å². The van der Waals surface area contributed by atoms with Gasteiger partial charge >= 0.3 is 0 Å². The molecule has 2 amide bonds. The first kappa shape index (κ1) is 19.6. The lowest BCUT2D eigenvalue weighted by Crippen LogP contribution is -2.52. The fourth-order valence-electron chi connectivity index (χ4n) is 3.84. The lowest BCUT2D eigenvalue weighted by Gasteiger charge is -2.38. The molecule has 0 atom stereocenters. The van der Waals surface area contributed by atoms with Gasteiger partial charge in [-0.3, -0.25) is 14.4 Å². The summed E-state index contributed by atoms with van der Waals surface area (Å²) in [5.41, 5.74) is 1.27. The van der Waals surface area contributed by atoms with Gasteiger partial charge in [-0.2, -0.15) is 0 Å². The zero-order chi connectivity index (χ0) is 20.4. The molecule has 0 unspecified atom stereocenters.